The third-order valence-electron chi connectivity index (χ3n) is 2.28. The molecular formula is C13H26N2O3. The van der Waals surface area contributed by atoms with Crippen molar-refractivity contribution in [3.05, 3.63) is 0 Å². The molecule has 0 atom stereocenters. The standard InChI is InChI=1S/C13H26N2O3/c1-6-7-9-15(11(2)16)10-8-14-12(17)18-13(3,4)5/h6-10H2,1-5H3,(H,14,17). The molecule has 0 saturated carbocycles. The second kappa shape index (κ2) is 7.95. The summed E-state index contributed by atoms with van der Waals surface area (Å²) in [6.07, 6.45) is 1.58. The molecule has 0 aromatic rings. The normalized spacial score (nSPS) is 10.9. The summed E-state index contributed by atoms with van der Waals surface area (Å²) in [7, 11) is 0. The van der Waals surface area contributed by atoms with Crippen LogP contribution in [-0.2, 0) is 9.53 Å². The highest BCUT2D eigenvalue weighted by Gasteiger charge is 2.16. The summed E-state index contributed by atoms with van der Waals surface area (Å²) < 4.78 is 5.11. The molecule has 0 aliphatic rings. The number of ether oxygens (including phenoxy) is 1. The van der Waals surface area contributed by atoms with Crippen LogP contribution in [0.15, 0.2) is 0 Å². The van der Waals surface area contributed by atoms with Crippen LogP contribution < -0.4 is 5.32 Å². The average molecular weight is 258 g/mol. The van der Waals surface area contributed by atoms with Crippen molar-refractivity contribution in [3.63, 3.8) is 0 Å². The Labute approximate surface area is 110 Å². The van der Waals surface area contributed by atoms with Crippen LogP contribution >= 0.6 is 0 Å². The van der Waals surface area contributed by atoms with E-state index in [1.165, 1.54) is 0 Å². The first kappa shape index (κ1) is 16.7. The second-order valence-corrected chi connectivity index (χ2v) is 5.29. The Morgan fingerprint density at radius 1 is 1.22 bits per heavy atom. The highest BCUT2D eigenvalue weighted by atomic mass is 16.6. The number of amides is 2. The Morgan fingerprint density at radius 3 is 2.28 bits per heavy atom. The lowest BCUT2D eigenvalue weighted by atomic mass is 10.2. The van der Waals surface area contributed by atoms with E-state index in [1.54, 1.807) is 11.8 Å². The maximum Gasteiger partial charge on any atom is 0.407 e. The molecule has 5 nitrogen and oxygen atoms in total. The van der Waals surface area contributed by atoms with Crippen LogP contribution in [-0.4, -0.2) is 42.1 Å². The zero-order valence-corrected chi connectivity index (χ0v) is 12.2. The molecule has 0 aliphatic heterocycles. The number of carbonyl (C=O) groups excluding carboxylic acids is 2. The minimum Gasteiger partial charge on any atom is -0.444 e. The molecule has 0 unspecified atom stereocenters. The number of hydrogen-bond acceptors (Lipinski definition) is 3. The average Bonchev–Trinajstić information content (AvgIpc) is 2.19. The number of nitrogens with one attached hydrogen (secondary N) is 1. The predicted octanol–water partition coefficient (Wildman–Crippen LogP) is 2.16. The quantitative estimate of drug-likeness (QED) is 0.794. The number of unbranched alkanes of at least 4 members (excludes halogenated alkanes) is 1. The third kappa shape index (κ3) is 8.84. The van der Waals surface area contributed by atoms with E-state index in [0.717, 1.165) is 19.4 Å². The summed E-state index contributed by atoms with van der Waals surface area (Å²) in [5, 5.41) is 2.65. The van der Waals surface area contributed by atoms with E-state index in [2.05, 4.69) is 12.2 Å². The smallest absolute Gasteiger partial charge is 0.407 e. The molecule has 0 aromatic carbocycles. The van der Waals surface area contributed by atoms with Crippen molar-refractivity contribution in [2.24, 2.45) is 0 Å². The van der Waals surface area contributed by atoms with Gasteiger partial charge in [-0.3, -0.25) is 4.79 Å². The summed E-state index contributed by atoms with van der Waals surface area (Å²) >= 11 is 0. The van der Waals surface area contributed by atoms with Crippen molar-refractivity contribution in [1.29, 1.82) is 0 Å². The zero-order valence-electron chi connectivity index (χ0n) is 12.2. The molecule has 0 rings (SSSR count). The fourth-order valence-electron chi connectivity index (χ4n) is 1.38. The van der Waals surface area contributed by atoms with Crippen LogP contribution in [0, 0.1) is 0 Å². The van der Waals surface area contributed by atoms with Gasteiger partial charge in [0, 0.05) is 26.6 Å². The van der Waals surface area contributed by atoms with Gasteiger partial charge in [0.15, 0.2) is 0 Å². The first-order valence-corrected chi connectivity index (χ1v) is 6.48. The first-order chi connectivity index (χ1) is 8.26. The first-order valence-electron chi connectivity index (χ1n) is 6.48. The highest BCUT2D eigenvalue weighted by Crippen LogP contribution is 2.06. The zero-order chi connectivity index (χ0) is 14.2. The van der Waals surface area contributed by atoms with Gasteiger partial charge in [0.2, 0.25) is 5.91 Å². The van der Waals surface area contributed by atoms with Crippen LogP contribution in [0.2, 0.25) is 0 Å². The lowest BCUT2D eigenvalue weighted by molar-refractivity contribution is -0.128. The SMILES string of the molecule is CCCCN(CCNC(=O)OC(C)(C)C)C(C)=O. The molecule has 0 heterocycles. The van der Waals surface area contributed by atoms with Crippen molar-refractivity contribution in [2.45, 2.75) is 53.1 Å². The minimum absolute atomic E-state index is 0.0365. The van der Waals surface area contributed by atoms with E-state index < -0.39 is 11.7 Å². The molecule has 2 amide bonds. The number of carbonyl (C=O) groups is 2. The van der Waals surface area contributed by atoms with Gasteiger partial charge in [-0.2, -0.15) is 0 Å². The summed E-state index contributed by atoms with van der Waals surface area (Å²) in [6, 6.07) is 0. The van der Waals surface area contributed by atoms with E-state index in [0.29, 0.717) is 13.1 Å². The van der Waals surface area contributed by atoms with Gasteiger partial charge in [-0.05, 0) is 27.2 Å². The monoisotopic (exact) mass is 258 g/mol. The maximum absolute atomic E-state index is 11.4. The molecule has 0 spiro atoms. The Morgan fingerprint density at radius 2 is 1.83 bits per heavy atom. The largest absolute Gasteiger partial charge is 0.444 e. The van der Waals surface area contributed by atoms with Gasteiger partial charge in [0.1, 0.15) is 5.60 Å². The van der Waals surface area contributed by atoms with Crippen LogP contribution in [0.3, 0.4) is 0 Å². The summed E-state index contributed by atoms with van der Waals surface area (Å²) in [5.41, 5.74) is -0.493. The fourth-order valence-corrected chi connectivity index (χ4v) is 1.38. The lowest BCUT2D eigenvalue weighted by Crippen LogP contribution is -2.39. The van der Waals surface area contributed by atoms with Crippen molar-refractivity contribution in [3.8, 4) is 0 Å². The Bertz CT molecular complexity index is 272. The highest BCUT2D eigenvalue weighted by molar-refractivity contribution is 5.73. The van der Waals surface area contributed by atoms with E-state index >= 15 is 0 Å². The number of nitrogens with zero attached hydrogens (tertiary/aromatic N) is 1. The van der Waals surface area contributed by atoms with Crippen LogP contribution in [0.5, 0.6) is 0 Å². The van der Waals surface area contributed by atoms with Gasteiger partial charge in [0.25, 0.3) is 0 Å². The third-order valence-corrected chi connectivity index (χ3v) is 2.28. The van der Waals surface area contributed by atoms with E-state index in [1.807, 2.05) is 20.8 Å². The Kier molecular flexibility index (Phi) is 7.39. The van der Waals surface area contributed by atoms with E-state index in [9.17, 15) is 9.59 Å². The second-order valence-electron chi connectivity index (χ2n) is 5.29. The number of alkyl carbamates (subject to hydrolysis) is 1. The molecule has 0 aromatic heterocycles. The van der Waals surface area contributed by atoms with Gasteiger partial charge < -0.3 is 15.0 Å². The molecule has 0 aliphatic carbocycles. The molecule has 1 N–H and O–H groups in total. The molecule has 0 saturated heterocycles. The predicted molar refractivity (Wildman–Crippen MR) is 71.4 cm³/mol. The van der Waals surface area contributed by atoms with Gasteiger partial charge in [-0.15, -0.1) is 0 Å². The van der Waals surface area contributed by atoms with Gasteiger partial charge in [-0.1, -0.05) is 13.3 Å². The van der Waals surface area contributed by atoms with E-state index in [4.69, 9.17) is 4.74 Å². The number of hydrogen-bond donors (Lipinski definition) is 1. The minimum atomic E-state index is -0.493. The molecule has 0 fully saturated rings. The van der Waals surface area contributed by atoms with E-state index in [-0.39, 0.29) is 5.91 Å². The van der Waals surface area contributed by atoms with Crippen molar-refractivity contribution >= 4 is 12.0 Å². The number of rotatable bonds is 6. The topological polar surface area (TPSA) is 58.6 Å². The molecular weight excluding hydrogens is 232 g/mol. The van der Waals surface area contributed by atoms with Crippen molar-refractivity contribution in [2.75, 3.05) is 19.6 Å². The molecule has 0 radical (unpaired) electrons. The maximum atomic E-state index is 11.4. The summed E-state index contributed by atoms with van der Waals surface area (Å²) in [6.45, 7) is 10.7. The van der Waals surface area contributed by atoms with Gasteiger partial charge >= 0.3 is 6.09 Å². The van der Waals surface area contributed by atoms with Gasteiger partial charge in [-0.25, -0.2) is 4.79 Å². The van der Waals surface area contributed by atoms with Crippen LogP contribution in [0.1, 0.15) is 47.5 Å². The Balaban J connectivity index is 3.92. The van der Waals surface area contributed by atoms with Crippen LogP contribution in [0.25, 0.3) is 0 Å². The lowest BCUT2D eigenvalue weighted by Gasteiger charge is -2.22. The van der Waals surface area contributed by atoms with Gasteiger partial charge in [0.05, 0.1) is 0 Å². The Hall–Kier alpha value is -1.26. The molecule has 0 bridgehead atoms. The summed E-state index contributed by atoms with van der Waals surface area (Å²) in [5.74, 6) is 0.0365. The molecule has 106 valence electrons. The van der Waals surface area contributed by atoms with Crippen molar-refractivity contribution < 1.29 is 14.3 Å². The summed E-state index contributed by atoms with van der Waals surface area (Å²) in [4.78, 5) is 24.5. The van der Waals surface area contributed by atoms with Crippen LogP contribution in [0.4, 0.5) is 4.79 Å². The van der Waals surface area contributed by atoms with Crippen molar-refractivity contribution in [1.82, 2.24) is 10.2 Å². The fraction of sp³-hybridized carbons (Fsp3) is 0.846. The molecule has 5 heteroatoms. The molecule has 18 heavy (non-hydrogen) atoms.